The highest BCUT2D eigenvalue weighted by molar-refractivity contribution is 5.93. The van der Waals surface area contributed by atoms with E-state index in [1.807, 2.05) is 23.1 Å². The van der Waals surface area contributed by atoms with Gasteiger partial charge >= 0.3 is 0 Å². The Morgan fingerprint density at radius 3 is 2.90 bits per heavy atom. The third-order valence-electron chi connectivity index (χ3n) is 4.40. The third-order valence-corrected chi connectivity index (χ3v) is 4.40. The van der Waals surface area contributed by atoms with Gasteiger partial charge in [0.1, 0.15) is 5.82 Å². The molecule has 0 bridgehead atoms. The van der Waals surface area contributed by atoms with Crippen LogP contribution in [0, 0.1) is 5.92 Å². The van der Waals surface area contributed by atoms with Gasteiger partial charge in [0.2, 0.25) is 5.91 Å². The maximum Gasteiger partial charge on any atom is 0.228 e. The van der Waals surface area contributed by atoms with Crippen molar-refractivity contribution >= 4 is 11.7 Å². The zero-order chi connectivity index (χ0) is 13.9. The smallest absolute Gasteiger partial charge is 0.228 e. The van der Waals surface area contributed by atoms with Crippen molar-refractivity contribution in [3.8, 4) is 0 Å². The number of amides is 1. The second kappa shape index (κ2) is 5.92. The minimum Gasteiger partial charge on any atom is -0.303 e. The Labute approximate surface area is 120 Å². The molecule has 1 atom stereocenters. The number of rotatable bonds is 4. The first-order valence-corrected chi connectivity index (χ1v) is 7.75. The quantitative estimate of drug-likeness (QED) is 0.843. The molecular weight excluding hydrogens is 250 g/mol. The topological polar surface area (TPSA) is 36.4 Å². The summed E-state index contributed by atoms with van der Waals surface area (Å²) < 4.78 is 0. The lowest BCUT2D eigenvalue weighted by Crippen LogP contribution is -2.47. The molecule has 3 rings (SSSR count). The third kappa shape index (κ3) is 2.85. The average molecular weight is 273 g/mol. The van der Waals surface area contributed by atoms with Crippen LogP contribution in [0.1, 0.15) is 31.9 Å². The molecule has 0 N–H and O–H groups in total. The van der Waals surface area contributed by atoms with Crippen LogP contribution < -0.4 is 4.90 Å². The number of carbonyl (C=O) groups excluding carboxylic acids is 1. The summed E-state index contributed by atoms with van der Waals surface area (Å²) in [6, 6.07) is 5.99. The van der Waals surface area contributed by atoms with Crippen LogP contribution in [0.3, 0.4) is 0 Å². The first-order valence-electron chi connectivity index (χ1n) is 7.75. The Kier molecular flexibility index (Phi) is 4.01. The lowest BCUT2D eigenvalue weighted by Gasteiger charge is -2.38. The van der Waals surface area contributed by atoms with Gasteiger partial charge in [0.05, 0.1) is 0 Å². The van der Waals surface area contributed by atoms with Crippen LogP contribution >= 0.6 is 0 Å². The highest BCUT2D eigenvalue weighted by atomic mass is 16.2. The molecular formula is C16H23N3O. The van der Waals surface area contributed by atoms with Gasteiger partial charge in [-0.3, -0.25) is 9.69 Å². The number of anilines is 1. The van der Waals surface area contributed by atoms with Gasteiger partial charge in [0, 0.05) is 25.2 Å². The second-order valence-corrected chi connectivity index (χ2v) is 5.90. The van der Waals surface area contributed by atoms with Crippen molar-refractivity contribution in [2.75, 3.05) is 31.1 Å². The van der Waals surface area contributed by atoms with E-state index in [0.29, 0.717) is 12.3 Å². The van der Waals surface area contributed by atoms with E-state index in [0.717, 1.165) is 37.4 Å². The molecule has 0 aliphatic carbocycles. The summed E-state index contributed by atoms with van der Waals surface area (Å²) in [4.78, 5) is 21.2. The van der Waals surface area contributed by atoms with E-state index in [2.05, 4.69) is 16.8 Å². The molecule has 4 heteroatoms. The van der Waals surface area contributed by atoms with E-state index < -0.39 is 0 Å². The van der Waals surface area contributed by atoms with Crippen LogP contribution in [0.15, 0.2) is 18.2 Å². The number of aromatic nitrogens is 1. The van der Waals surface area contributed by atoms with Gasteiger partial charge < -0.3 is 4.90 Å². The van der Waals surface area contributed by atoms with Gasteiger partial charge in [-0.2, -0.15) is 0 Å². The molecule has 108 valence electrons. The second-order valence-electron chi connectivity index (χ2n) is 5.90. The van der Waals surface area contributed by atoms with E-state index in [4.69, 9.17) is 0 Å². The molecule has 3 heterocycles. The lowest BCUT2D eigenvalue weighted by molar-refractivity contribution is -0.120. The van der Waals surface area contributed by atoms with Crippen LogP contribution in [-0.2, 0) is 11.2 Å². The Balaban J connectivity index is 1.70. The first kappa shape index (κ1) is 13.6. The highest BCUT2D eigenvalue weighted by Gasteiger charge is 2.29. The predicted molar refractivity (Wildman–Crippen MR) is 79.7 cm³/mol. The van der Waals surface area contributed by atoms with Crippen LogP contribution in [0.25, 0.3) is 0 Å². The van der Waals surface area contributed by atoms with Crippen molar-refractivity contribution in [1.29, 1.82) is 0 Å². The van der Waals surface area contributed by atoms with Crippen LogP contribution in [-0.4, -0.2) is 42.0 Å². The van der Waals surface area contributed by atoms with Crippen LogP contribution in [0.2, 0.25) is 0 Å². The minimum atomic E-state index is 0.227. The predicted octanol–water partition coefficient (Wildman–Crippen LogP) is 2.09. The molecule has 1 aromatic heterocycles. The largest absolute Gasteiger partial charge is 0.303 e. The van der Waals surface area contributed by atoms with Crippen molar-refractivity contribution in [3.63, 3.8) is 0 Å². The number of pyridine rings is 1. The molecule has 0 spiro atoms. The number of nitrogens with zero attached hydrogens (tertiary/aromatic N) is 3. The average Bonchev–Trinajstić information content (AvgIpc) is 2.44. The van der Waals surface area contributed by atoms with E-state index in [-0.39, 0.29) is 5.91 Å². The van der Waals surface area contributed by atoms with E-state index in [1.54, 1.807) is 0 Å². The van der Waals surface area contributed by atoms with Crippen molar-refractivity contribution < 1.29 is 4.79 Å². The molecule has 2 fully saturated rings. The monoisotopic (exact) mass is 273 g/mol. The standard InChI is InChI=1S/C16H23N3O/c1-2-14-5-3-6-15(17-14)19-12-13(7-8-16(19)20)11-18-9-4-10-18/h3,5-6,13H,2,4,7-12H2,1H3. The number of hydrogen-bond acceptors (Lipinski definition) is 3. The number of piperidine rings is 1. The molecule has 1 unspecified atom stereocenters. The molecule has 0 radical (unpaired) electrons. The van der Waals surface area contributed by atoms with Gasteiger partial charge in [-0.15, -0.1) is 0 Å². The molecule has 1 aromatic rings. The van der Waals surface area contributed by atoms with Gasteiger partial charge in [0.25, 0.3) is 0 Å². The summed E-state index contributed by atoms with van der Waals surface area (Å²) in [6.07, 6.45) is 3.93. The van der Waals surface area contributed by atoms with Crippen LogP contribution in [0.5, 0.6) is 0 Å². The summed E-state index contributed by atoms with van der Waals surface area (Å²) in [5.74, 6) is 1.66. The Morgan fingerprint density at radius 1 is 1.35 bits per heavy atom. The molecule has 1 amide bonds. The molecule has 2 saturated heterocycles. The molecule has 20 heavy (non-hydrogen) atoms. The van der Waals surface area contributed by atoms with Crippen molar-refractivity contribution in [3.05, 3.63) is 23.9 Å². The number of carbonyl (C=O) groups is 1. The van der Waals surface area contributed by atoms with Gasteiger partial charge in [-0.25, -0.2) is 4.98 Å². The first-order chi connectivity index (χ1) is 9.76. The fourth-order valence-corrected chi connectivity index (χ4v) is 3.03. The van der Waals surface area contributed by atoms with E-state index >= 15 is 0 Å². The minimum absolute atomic E-state index is 0.227. The number of aryl methyl sites for hydroxylation is 1. The van der Waals surface area contributed by atoms with Crippen molar-refractivity contribution in [2.24, 2.45) is 5.92 Å². The maximum absolute atomic E-state index is 12.2. The number of hydrogen-bond donors (Lipinski definition) is 0. The zero-order valence-electron chi connectivity index (χ0n) is 12.2. The Bertz CT molecular complexity index is 484. The van der Waals surface area contributed by atoms with Gasteiger partial charge in [-0.1, -0.05) is 13.0 Å². The summed E-state index contributed by atoms with van der Waals surface area (Å²) in [7, 11) is 0. The Hall–Kier alpha value is -1.42. The molecule has 4 nitrogen and oxygen atoms in total. The van der Waals surface area contributed by atoms with Crippen molar-refractivity contribution in [1.82, 2.24) is 9.88 Å². The van der Waals surface area contributed by atoms with Gasteiger partial charge in [0.15, 0.2) is 0 Å². The number of likely N-dealkylation sites (tertiary alicyclic amines) is 1. The molecule has 0 saturated carbocycles. The highest BCUT2D eigenvalue weighted by Crippen LogP contribution is 2.24. The fraction of sp³-hybridized carbons (Fsp3) is 0.625. The SMILES string of the molecule is CCc1cccc(N2CC(CN3CCC3)CCC2=O)n1. The fourth-order valence-electron chi connectivity index (χ4n) is 3.03. The Morgan fingerprint density at radius 2 is 2.20 bits per heavy atom. The zero-order valence-corrected chi connectivity index (χ0v) is 12.2. The normalized spacial score (nSPS) is 23.8. The van der Waals surface area contributed by atoms with Crippen molar-refractivity contribution in [2.45, 2.75) is 32.6 Å². The lowest BCUT2D eigenvalue weighted by atomic mass is 9.95. The molecule has 0 aromatic carbocycles. The van der Waals surface area contributed by atoms with Crippen LogP contribution in [0.4, 0.5) is 5.82 Å². The summed E-state index contributed by atoms with van der Waals surface area (Å²) >= 11 is 0. The summed E-state index contributed by atoms with van der Waals surface area (Å²) in [5, 5.41) is 0. The maximum atomic E-state index is 12.2. The van der Waals surface area contributed by atoms with Gasteiger partial charge in [-0.05, 0) is 50.4 Å². The molecule has 2 aliphatic rings. The van der Waals surface area contributed by atoms with E-state index in [9.17, 15) is 4.79 Å². The summed E-state index contributed by atoms with van der Waals surface area (Å²) in [6.45, 7) is 6.52. The van der Waals surface area contributed by atoms with E-state index in [1.165, 1.54) is 19.5 Å². The summed E-state index contributed by atoms with van der Waals surface area (Å²) in [5.41, 5.74) is 1.06. The molecule has 2 aliphatic heterocycles.